The first-order chi connectivity index (χ1) is 0. The molecule has 0 rings (SSSR count). The zero-order chi connectivity index (χ0) is 0. The van der Waals surface area contributed by atoms with Gasteiger partial charge in [-0.05, 0) is 0 Å². The van der Waals surface area contributed by atoms with Crippen LogP contribution < -0.4 is 95.9 Å². The Balaban J connectivity index is 0. The molecule has 0 aromatic rings. The van der Waals surface area contributed by atoms with Gasteiger partial charge in [0.25, 0.3) is 0 Å². The molecular formula is GaI4Tl. The maximum atomic E-state index is 0. The Morgan fingerprint density at radius 1 is 0.500 bits per heavy atom. The molecule has 0 unspecified atom stereocenters. The maximum Gasteiger partial charge on any atom is 3.00 e. The van der Waals surface area contributed by atoms with E-state index in [1.165, 1.54) is 0 Å². The summed E-state index contributed by atoms with van der Waals surface area (Å²) in [7, 11) is 0. The van der Waals surface area contributed by atoms with Gasteiger partial charge in [-0.2, -0.15) is 0 Å². The van der Waals surface area contributed by atoms with Crippen molar-refractivity contribution in [3.8, 4) is 0 Å². The topological polar surface area (TPSA) is 0 Å². The van der Waals surface area contributed by atoms with E-state index in [9.17, 15) is 0 Å². The van der Waals surface area contributed by atoms with Crippen LogP contribution in [-0.4, -0.2) is 47.1 Å². The summed E-state index contributed by atoms with van der Waals surface area (Å²) in [5, 5.41) is 0. The minimum absolute atomic E-state index is 0. The second-order valence-electron chi connectivity index (χ2n) is 0. The van der Waals surface area contributed by atoms with Crippen LogP contribution in [0, 0.1) is 0 Å². The van der Waals surface area contributed by atoms with Gasteiger partial charge in [-0.3, -0.25) is 0 Å². The predicted octanol–water partition coefficient (Wildman–Crippen LogP) is -12.7. The number of halogens is 4. The van der Waals surface area contributed by atoms with Crippen molar-refractivity contribution in [3.05, 3.63) is 0 Å². The Bertz CT molecular complexity index is 7.51. The van der Waals surface area contributed by atoms with E-state index < -0.39 is 0 Å². The minimum Gasteiger partial charge on any atom is -1.00 e. The number of hydrogen-bond donors (Lipinski definition) is 0. The molecule has 0 aromatic heterocycles. The van der Waals surface area contributed by atoms with Gasteiger partial charge < -0.3 is 95.9 Å². The van der Waals surface area contributed by atoms with Crippen LogP contribution in [0.4, 0.5) is 0 Å². The first kappa shape index (κ1) is 46.9. The number of hydrogen-bond acceptors (Lipinski definition) is 0. The van der Waals surface area contributed by atoms with Crippen LogP contribution in [0.3, 0.4) is 0 Å². The summed E-state index contributed by atoms with van der Waals surface area (Å²) < 4.78 is 0. The molecule has 34 valence electrons. The predicted molar refractivity (Wildman–Crippen MR) is 11.5 cm³/mol. The van der Waals surface area contributed by atoms with Crippen molar-refractivity contribution in [3.63, 3.8) is 0 Å². The van der Waals surface area contributed by atoms with E-state index in [-0.39, 0.29) is 143 Å². The zero-order valence-corrected chi connectivity index (χ0v) is 18.2. The molecule has 0 nitrogen and oxygen atoms in total. The van der Waals surface area contributed by atoms with Crippen molar-refractivity contribution in [1.82, 2.24) is 0 Å². The van der Waals surface area contributed by atoms with Crippen molar-refractivity contribution in [2.24, 2.45) is 0 Å². The summed E-state index contributed by atoms with van der Waals surface area (Å²) in [6, 6.07) is 0. The van der Waals surface area contributed by atoms with Crippen LogP contribution in [0.15, 0.2) is 0 Å². The van der Waals surface area contributed by atoms with Gasteiger partial charge in [-0.15, -0.1) is 0 Å². The average Bonchev–Trinajstić information content (AvgIpc) is 0. The van der Waals surface area contributed by atoms with Crippen molar-refractivity contribution in [2.45, 2.75) is 0 Å². The summed E-state index contributed by atoms with van der Waals surface area (Å²) in [5.41, 5.74) is 0. The van der Waals surface area contributed by atoms with Crippen molar-refractivity contribution in [2.75, 3.05) is 0 Å². The average molecular weight is 782 g/mol. The normalized spacial score (nSPS) is 0. The molecule has 0 spiro atoms. The molecule has 0 aliphatic rings. The molecule has 0 bridgehead atoms. The Kier molecular flexibility index (Phi) is 266. The third-order valence-electron chi connectivity index (χ3n) is 0. The van der Waals surface area contributed by atoms with Crippen molar-refractivity contribution >= 4 is 47.1 Å². The van der Waals surface area contributed by atoms with E-state index in [0.29, 0.717) is 0 Å². The largest absolute Gasteiger partial charge is 3.00 e. The molecule has 0 aliphatic carbocycles. The summed E-state index contributed by atoms with van der Waals surface area (Å²) in [6.07, 6.45) is 0. The molecule has 6 heavy (non-hydrogen) atoms. The Morgan fingerprint density at radius 2 is 0.500 bits per heavy atom. The van der Waals surface area contributed by atoms with Gasteiger partial charge in [0, 0.05) is 0 Å². The monoisotopic (exact) mass is 782 g/mol. The van der Waals surface area contributed by atoms with Gasteiger partial charge in [0.05, 0.1) is 0 Å². The van der Waals surface area contributed by atoms with E-state index >= 15 is 0 Å². The van der Waals surface area contributed by atoms with Crippen LogP contribution >= 0.6 is 0 Å². The summed E-state index contributed by atoms with van der Waals surface area (Å²) in [6.45, 7) is 0. The molecule has 0 heterocycles. The van der Waals surface area contributed by atoms with Crippen molar-refractivity contribution in [1.29, 1.82) is 0 Å². The van der Waals surface area contributed by atoms with Crippen LogP contribution in [0.1, 0.15) is 0 Å². The number of rotatable bonds is 0. The van der Waals surface area contributed by atoms with Crippen molar-refractivity contribution < 1.29 is 95.9 Å². The molecule has 6 heteroatoms. The second kappa shape index (κ2) is 34.0. The van der Waals surface area contributed by atoms with Gasteiger partial charge in [0.1, 0.15) is 0 Å². The molecule has 0 fully saturated rings. The standard InChI is InChI=1S/Ga.4HI.Tl/h;4*1H;/q+3;;;;;+1/p-4. The van der Waals surface area contributed by atoms with Crippen LogP contribution in [-0.2, 0) is 0 Å². The third kappa shape index (κ3) is 23.6. The van der Waals surface area contributed by atoms with E-state index in [1.54, 1.807) is 0 Å². The zero-order valence-electron chi connectivity index (χ0n) is 2.67. The smallest absolute Gasteiger partial charge is 1.00 e. The van der Waals surface area contributed by atoms with Gasteiger partial charge in [-0.1, -0.05) is 0 Å². The fourth-order valence-electron chi connectivity index (χ4n) is 0. The first-order valence-electron chi connectivity index (χ1n) is 0. The fourth-order valence-corrected chi connectivity index (χ4v) is 0. The fraction of sp³-hybridized carbons (Fsp3) is 0. The summed E-state index contributed by atoms with van der Waals surface area (Å²) in [5.74, 6) is 0. The SMILES string of the molecule is [Ga+3].[I-].[I-].[I-].[I-].[Tl+]. The molecule has 0 saturated carbocycles. The molecule has 0 N–H and O–H groups in total. The van der Waals surface area contributed by atoms with Crippen LogP contribution in [0.25, 0.3) is 0 Å². The van der Waals surface area contributed by atoms with Crippen LogP contribution in [0.5, 0.6) is 0 Å². The van der Waals surface area contributed by atoms with E-state index in [1.807, 2.05) is 0 Å². The Hall–Kier alpha value is 4.48. The molecule has 0 atom stereocenters. The van der Waals surface area contributed by atoms with E-state index in [2.05, 4.69) is 0 Å². The van der Waals surface area contributed by atoms with E-state index in [0.717, 1.165) is 0 Å². The Morgan fingerprint density at radius 3 is 0.500 bits per heavy atom. The van der Waals surface area contributed by atoms with Gasteiger partial charge >= 0.3 is 47.1 Å². The summed E-state index contributed by atoms with van der Waals surface area (Å²) >= 11 is 0. The quantitative estimate of drug-likeness (QED) is 0.170. The molecule has 0 saturated heterocycles. The Labute approximate surface area is 139 Å². The summed E-state index contributed by atoms with van der Waals surface area (Å²) in [4.78, 5) is 0. The van der Waals surface area contributed by atoms with Gasteiger partial charge in [-0.25, -0.2) is 0 Å². The van der Waals surface area contributed by atoms with Gasteiger partial charge in [0.2, 0.25) is 0 Å². The maximum absolute atomic E-state index is 0. The molecule has 0 aliphatic heterocycles. The minimum atomic E-state index is 0. The third-order valence-corrected chi connectivity index (χ3v) is 0. The molecule has 0 amide bonds. The molecule has 0 aromatic carbocycles. The molecular weight excluding hydrogens is 782 g/mol. The molecule has 0 radical (unpaired) electrons. The van der Waals surface area contributed by atoms with Crippen LogP contribution in [0.2, 0.25) is 0 Å². The van der Waals surface area contributed by atoms with Gasteiger partial charge in [0.15, 0.2) is 0 Å². The van der Waals surface area contributed by atoms with E-state index in [4.69, 9.17) is 0 Å². The second-order valence-corrected chi connectivity index (χ2v) is 0. The first-order valence-corrected chi connectivity index (χ1v) is 0.